The van der Waals surface area contributed by atoms with E-state index < -0.39 is 0 Å². The fourth-order valence-electron chi connectivity index (χ4n) is 2.64. The number of aliphatic imine (C=N–C) groups is 1. The number of nitrogens with zero attached hydrogens (tertiary/aromatic N) is 2. The zero-order chi connectivity index (χ0) is 16.6. The summed E-state index contributed by atoms with van der Waals surface area (Å²) in [4.78, 5) is 18.3. The fourth-order valence-corrected chi connectivity index (χ4v) is 2.64. The molecule has 1 aliphatic heterocycles. The third-order valence-corrected chi connectivity index (χ3v) is 3.88. The van der Waals surface area contributed by atoms with Gasteiger partial charge in [0.05, 0.1) is 0 Å². The summed E-state index contributed by atoms with van der Waals surface area (Å²) in [7, 11) is 0. The van der Waals surface area contributed by atoms with Gasteiger partial charge in [-0.3, -0.25) is 9.79 Å². The second kappa shape index (κ2) is 11.1. The molecule has 1 heterocycles. The van der Waals surface area contributed by atoms with Crippen molar-refractivity contribution in [2.24, 2.45) is 10.4 Å². The smallest absolute Gasteiger partial charge is 0.222 e. The van der Waals surface area contributed by atoms with Crippen LogP contribution in [-0.4, -0.2) is 49.0 Å². The summed E-state index contributed by atoms with van der Waals surface area (Å²) in [6, 6.07) is 0.316. The average molecular weight is 438 g/mol. The van der Waals surface area contributed by atoms with Gasteiger partial charge in [0.1, 0.15) is 0 Å². The van der Waals surface area contributed by atoms with Crippen LogP contribution in [0, 0.1) is 5.41 Å². The van der Waals surface area contributed by atoms with Crippen molar-refractivity contribution in [3.8, 4) is 0 Å². The normalized spacial score (nSPS) is 18.6. The Kier molecular flexibility index (Phi) is 10.8. The molecule has 1 unspecified atom stereocenters. The molecule has 0 saturated carbocycles. The van der Waals surface area contributed by atoms with Crippen molar-refractivity contribution in [1.29, 1.82) is 0 Å². The van der Waals surface area contributed by atoms with Crippen molar-refractivity contribution < 1.29 is 4.79 Å². The number of halogens is 1. The summed E-state index contributed by atoms with van der Waals surface area (Å²) in [5.41, 5.74) is 0.369. The van der Waals surface area contributed by atoms with E-state index in [4.69, 9.17) is 0 Å². The Morgan fingerprint density at radius 1 is 1.30 bits per heavy atom. The van der Waals surface area contributed by atoms with Gasteiger partial charge in [-0.15, -0.1) is 24.0 Å². The molecule has 1 saturated heterocycles. The van der Waals surface area contributed by atoms with Gasteiger partial charge in [0.15, 0.2) is 5.96 Å². The SMILES string of the molecule is CCNC(=NCCCC(C)(C)C)NC1CCN(C(=O)CC)C1.I. The summed E-state index contributed by atoms with van der Waals surface area (Å²) in [6.45, 7) is 14.1. The number of likely N-dealkylation sites (tertiary alicyclic amines) is 1. The van der Waals surface area contributed by atoms with E-state index in [2.05, 4.69) is 43.3 Å². The summed E-state index contributed by atoms with van der Waals surface area (Å²) in [5.74, 6) is 1.13. The van der Waals surface area contributed by atoms with Gasteiger partial charge < -0.3 is 15.5 Å². The molecular weight excluding hydrogens is 403 g/mol. The third-order valence-electron chi connectivity index (χ3n) is 3.88. The number of hydrogen-bond acceptors (Lipinski definition) is 2. The predicted molar refractivity (Wildman–Crippen MR) is 108 cm³/mol. The molecule has 136 valence electrons. The second-order valence-electron chi connectivity index (χ2n) is 7.25. The van der Waals surface area contributed by atoms with Crippen LogP contribution in [0.3, 0.4) is 0 Å². The maximum absolute atomic E-state index is 11.7. The molecule has 5 nitrogen and oxygen atoms in total. The predicted octanol–water partition coefficient (Wildman–Crippen LogP) is 3.00. The molecule has 0 aromatic rings. The van der Waals surface area contributed by atoms with Crippen LogP contribution in [0.1, 0.15) is 60.3 Å². The van der Waals surface area contributed by atoms with Crippen molar-refractivity contribution in [2.75, 3.05) is 26.2 Å². The molecular formula is C17H35IN4O. The van der Waals surface area contributed by atoms with Crippen LogP contribution in [0.5, 0.6) is 0 Å². The fraction of sp³-hybridized carbons (Fsp3) is 0.882. The Balaban J connectivity index is 0.00000484. The quantitative estimate of drug-likeness (QED) is 0.290. The molecule has 6 heteroatoms. The van der Waals surface area contributed by atoms with Gasteiger partial charge >= 0.3 is 0 Å². The highest BCUT2D eigenvalue weighted by Gasteiger charge is 2.25. The number of hydrogen-bond donors (Lipinski definition) is 2. The molecule has 1 amide bonds. The lowest BCUT2D eigenvalue weighted by Gasteiger charge is -2.19. The van der Waals surface area contributed by atoms with Gasteiger partial charge in [0.25, 0.3) is 0 Å². The number of nitrogens with one attached hydrogen (secondary N) is 2. The van der Waals surface area contributed by atoms with Crippen molar-refractivity contribution in [1.82, 2.24) is 15.5 Å². The lowest BCUT2D eigenvalue weighted by Crippen LogP contribution is -2.45. The molecule has 1 fully saturated rings. The van der Waals surface area contributed by atoms with Crippen molar-refractivity contribution in [3.63, 3.8) is 0 Å². The van der Waals surface area contributed by atoms with E-state index in [-0.39, 0.29) is 29.9 Å². The topological polar surface area (TPSA) is 56.7 Å². The highest BCUT2D eigenvalue weighted by atomic mass is 127. The molecule has 1 rings (SSSR count). The minimum absolute atomic E-state index is 0. The van der Waals surface area contributed by atoms with Gasteiger partial charge in [0, 0.05) is 38.6 Å². The van der Waals surface area contributed by atoms with E-state index in [9.17, 15) is 4.79 Å². The summed E-state index contributed by atoms with van der Waals surface area (Å²) < 4.78 is 0. The van der Waals surface area contributed by atoms with E-state index in [0.717, 1.165) is 45.0 Å². The van der Waals surface area contributed by atoms with Gasteiger partial charge in [-0.1, -0.05) is 27.7 Å². The van der Waals surface area contributed by atoms with Crippen molar-refractivity contribution >= 4 is 35.8 Å². The number of carbonyl (C=O) groups excluding carboxylic acids is 1. The second-order valence-corrected chi connectivity index (χ2v) is 7.25. The van der Waals surface area contributed by atoms with E-state index in [0.29, 0.717) is 17.9 Å². The molecule has 2 N–H and O–H groups in total. The first-order chi connectivity index (χ1) is 10.4. The lowest BCUT2D eigenvalue weighted by molar-refractivity contribution is -0.129. The van der Waals surface area contributed by atoms with Crippen molar-refractivity contribution in [3.05, 3.63) is 0 Å². The zero-order valence-electron chi connectivity index (χ0n) is 15.4. The molecule has 0 spiro atoms. The van der Waals surface area contributed by atoms with E-state index >= 15 is 0 Å². The van der Waals surface area contributed by atoms with E-state index in [1.54, 1.807) is 0 Å². The Morgan fingerprint density at radius 3 is 2.57 bits per heavy atom. The molecule has 1 aliphatic rings. The standard InChI is InChI=1S/C17H34N4O.HI/c1-6-15(22)21-12-9-14(13-21)20-16(18-7-2)19-11-8-10-17(3,4)5;/h14H,6-13H2,1-5H3,(H2,18,19,20);1H. The van der Waals surface area contributed by atoms with Gasteiger partial charge in [-0.2, -0.15) is 0 Å². The summed E-state index contributed by atoms with van der Waals surface area (Å²) in [5, 5.41) is 6.77. The summed E-state index contributed by atoms with van der Waals surface area (Å²) >= 11 is 0. The van der Waals surface area contributed by atoms with Crippen LogP contribution in [0.2, 0.25) is 0 Å². The lowest BCUT2D eigenvalue weighted by atomic mass is 9.91. The van der Waals surface area contributed by atoms with Crippen molar-refractivity contribution in [2.45, 2.75) is 66.3 Å². The maximum Gasteiger partial charge on any atom is 0.222 e. The third kappa shape index (κ3) is 9.37. The first-order valence-electron chi connectivity index (χ1n) is 8.68. The van der Waals surface area contributed by atoms with Crippen LogP contribution in [0.15, 0.2) is 4.99 Å². The maximum atomic E-state index is 11.7. The van der Waals surface area contributed by atoms with Crippen LogP contribution in [0.4, 0.5) is 0 Å². The monoisotopic (exact) mass is 438 g/mol. The highest BCUT2D eigenvalue weighted by Crippen LogP contribution is 2.20. The van der Waals surface area contributed by atoms with Gasteiger partial charge in [-0.05, 0) is 31.6 Å². The molecule has 0 bridgehead atoms. The largest absolute Gasteiger partial charge is 0.357 e. The molecule has 1 atom stereocenters. The molecule has 23 heavy (non-hydrogen) atoms. The Labute approximate surface area is 159 Å². The highest BCUT2D eigenvalue weighted by molar-refractivity contribution is 14.0. The number of carbonyl (C=O) groups is 1. The Morgan fingerprint density at radius 2 is 2.00 bits per heavy atom. The average Bonchev–Trinajstić information content (AvgIpc) is 2.90. The first-order valence-corrected chi connectivity index (χ1v) is 8.68. The minimum Gasteiger partial charge on any atom is -0.357 e. The zero-order valence-corrected chi connectivity index (χ0v) is 17.8. The van der Waals surface area contributed by atoms with Crippen LogP contribution < -0.4 is 10.6 Å². The minimum atomic E-state index is 0. The van der Waals surface area contributed by atoms with E-state index in [1.807, 2.05) is 11.8 Å². The number of rotatable bonds is 6. The summed E-state index contributed by atoms with van der Waals surface area (Å²) in [6.07, 6.45) is 3.87. The van der Waals surface area contributed by atoms with Crippen LogP contribution in [0.25, 0.3) is 0 Å². The molecule has 0 aromatic carbocycles. The number of guanidine groups is 1. The first kappa shape index (κ1) is 22.5. The van der Waals surface area contributed by atoms with E-state index in [1.165, 1.54) is 6.42 Å². The Hall–Kier alpha value is -0.530. The van der Waals surface area contributed by atoms with Gasteiger partial charge in [0.2, 0.25) is 5.91 Å². The molecule has 0 aliphatic carbocycles. The Bertz CT molecular complexity index is 379. The van der Waals surface area contributed by atoms with Gasteiger partial charge in [-0.25, -0.2) is 0 Å². The molecule has 0 radical (unpaired) electrons. The number of amides is 1. The van der Waals surface area contributed by atoms with Crippen LogP contribution >= 0.6 is 24.0 Å². The van der Waals surface area contributed by atoms with Crippen LogP contribution in [-0.2, 0) is 4.79 Å². The molecule has 0 aromatic heterocycles.